The molecule has 1 rings (SSSR count). The first-order chi connectivity index (χ1) is 7.06. The van der Waals surface area contributed by atoms with Crippen LogP contribution in [0.4, 0.5) is 11.5 Å². The minimum atomic E-state index is 0.473. The number of pyridine rings is 1. The van der Waals surface area contributed by atoms with Crippen LogP contribution in [0.3, 0.4) is 0 Å². The van der Waals surface area contributed by atoms with Gasteiger partial charge in [-0.05, 0) is 38.8 Å². The second kappa shape index (κ2) is 5.01. The van der Waals surface area contributed by atoms with Gasteiger partial charge in [0.15, 0.2) is 0 Å². The molecule has 0 amide bonds. The van der Waals surface area contributed by atoms with Crippen molar-refractivity contribution in [3.63, 3.8) is 0 Å². The highest BCUT2D eigenvalue weighted by Crippen LogP contribution is 2.19. The molecule has 0 atom stereocenters. The van der Waals surface area contributed by atoms with Gasteiger partial charge in [0.05, 0.1) is 11.9 Å². The molecule has 0 aliphatic carbocycles. The summed E-state index contributed by atoms with van der Waals surface area (Å²) in [5, 5.41) is 0. The van der Waals surface area contributed by atoms with E-state index in [1.54, 1.807) is 6.20 Å². The number of nitrogens with two attached hydrogens (primary N) is 1. The Kier molecular flexibility index (Phi) is 3.95. The quantitative estimate of drug-likeness (QED) is 0.825. The second-order valence-electron chi connectivity index (χ2n) is 4.19. The van der Waals surface area contributed by atoms with Crippen LogP contribution in [0.25, 0.3) is 0 Å². The van der Waals surface area contributed by atoms with E-state index in [0.717, 1.165) is 30.0 Å². The van der Waals surface area contributed by atoms with Gasteiger partial charge >= 0.3 is 0 Å². The minimum Gasteiger partial charge on any atom is -0.397 e. The molecule has 0 fully saturated rings. The van der Waals surface area contributed by atoms with Gasteiger partial charge in [-0.15, -0.1) is 0 Å². The Morgan fingerprint density at radius 1 is 1.47 bits per heavy atom. The van der Waals surface area contributed by atoms with Crippen LogP contribution in [0.15, 0.2) is 12.3 Å². The summed E-state index contributed by atoms with van der Waals surface area (Å²) in [7, 11) is 0. The lowest BCUT2D eigenvalue weighted by atomic mass is 10.2. The summed E-state index contributed by atoms with van der Waals surface area (Å²) in [5.74, 6) is 1.03. The molecule has 0 bridgehead atoms. The van der Waals surface area contributed by atoms with E-state index in [2.05, 4.69) is 36.7 Å². The molecule has 2 N–H and O–H groups in total. The van der Waals surface area contributed by atoms with E-state index in [9.17, 15) is 0 Å². The highest BCUT2D eigenvalue weighted by atomic mass is 15.2. The van der Waals surface area contributed by atoms with Crippen LogP contribution in [0, 0.1) is 6.92 Å². The van der Waals surface area contributed by atoms with Crippen molar-refractivity contribution in [3.05, 3.63) is 17.8 Å². The van der Waals surface area contributed by atoms with Gasteiger partial charge in [-0.3, -0.25) is 0 Å². The van der Waals surface area contributed by atoms with Crippen molar-refractivity contribution in [1.82, 2.24) is 4.98 Å². The average Bonchev–Trinajstić information content (AvgIpc) is 2.18. The molecule has 0 aromatic carbocycles. The molecule has 0 saturated heterocycles. The summed E-state index contributed by atoms with van der Waals surface area (Å²) in [6, 6.07) is 2.53. The number of nitrogens with zero attached hydrogens (tertiary/aromatic N) is 2. The van der Waals surface area contributed by atoms with Gasteiger partial charge in [-0.1, -0.05) is 6.92 Å². The molecule has 15 heavy (non-hydrogen) atoms. The van der Waals surface area contributed by atoms with E-state index < -0.39 is 0 Å². The van der Waals surface area contributed by atoms with Gasteiger partial charge in [0.25, 0.3) is 0 Å². The molecule has 0 unspecified atom stereocenters. The van der Waals surface area contributed by atoms with Gasteiger partial charge in [0.2, 0.25) is 0 Å². The highest BCUT2D eigenvalue weighted by molar-refractivity contribution is 5.52. The average molecular weight is 207 g/mol. The molecular formula is C12H21N3. The highest BCUT2D eigenvalue weighted by Gasteiger charge is 2.11. The number of anilines is 2. The van der Waals surface area contributed by atoms with Crippen molar-refractivity contribution in [3.8, 4) is 0 Å². The zero-order chi connectivity index (χ0) is 11.4. The molecule has 3 nitrogen and oxygen atoms in total. The van der Waals surface area contributed by atoms with Crippen LogP contribution in [0.1, 0.15) is 32.8 Å². The Labute approximate surface area is 92.3 Å². The van der Waals surface area contributed by atoms with Crippen LogP contribution >= 0.6 is 0 Å². The third-order valence-electron chi connectivity index (χ3n) is 2.52. The summed E-state index contributed by atoms with van der Waals surface area (Å²) >= 11 is 0. The molecule has 0 aliphatic heterocycles. The zero-order valence-electron chi connectivity index (χ0n) is 10.1. The van der Waals surface area contributed by atoms with Crippen LogP contribution in [-0.4, -0.2) is 17.6 Å². The van der Waals surface area contributed by atoms with Crippen molar-refractivity contribution in [2.24, 2.45) is 0 Å². The molecule has 3 heteroatoms. The lowest BCUT2D eigenvalue weighted by Gasteiger charge is -2.27. The Bertz CT molecular complexity index is 321. The number of aryl methyl sites for hydroxylation is 1. The molecule has 0 spiro atoms. The van der Waals surface area contributed by atoms with Crippen molar-refractivity contribution < 1.29 is 0 Å². The van der Waals surface area contributed by atoms with Crippen LogP contribution in [0.5, 0.6) is 0 Å². The Balaban J connectivity index is 2.95. The zero-order valence-corrected chi connectivity index (χ0v) is 10.1. The smallest absolute Gasteiger partial charge is 0.129 e. The molecule has 1 heterocycles. The Hall–Kier alpha value is -1.25. The SMILES string of the molecule is CCCN(c1cc(C)c(N)cn1)C(C)C. The molecule has 84 valence electrons. The Morgan fingerprint density at radius 2 is 2.13 bits per heavy atom. The van der Waals surface area contributed by atoms with E-state index in [0.29, 0.717) is 6.04 Å². The third kappa shape index (κ3) is 2.85. The standard InChI is InChI=1S/C12H21N3/c1-5-6-15(9(2)3)12-7-10(4)11(13)8-14-12/h7-9H,5-6,13H2,1-4H3. The first kappa shape index (κ1) is 11.8. The number of rotatable bonds is 4. The minimum absolute atomic E-state index is 0.473. The number of aromatic nitrogens is 1. The van der Waals surface area contributed by atoms with Crippen LogP contribution in [-0.2, 0) is 0 Å². The molecule has 0 aliphatic rings. The fraction of sp³-hybridized carbons (Fsp3) is 0.583. The molecule has 1 aromatic rings. The van der Waals surface area contributed by atoms with Gasteiger partial charge in [-0.25, -0.2) is 4.98 Å². The predicted octanol–water partition coefficient (Wildman–Crippen LogP) is 2.60. The molecule has 1 aromatic heterocycles. The van der Waals surface area contributed by atoms with E-state index in [-0.39, 0.29) is 0 Å². The summed E-state index contributed by atoms with van der Waals surface area (Å²) in [6.07, 6.45) is 2.87. The number of hydrogen-bond acceptors (Lipinski definition) is 3. The molecular weight excluding hydrogens is 186 g/mol. The molecule has 0 saturated carbocycles. The van der Waals surface area contributed by atoms with Crippen molar-refractivity contribution >= 4 is 11.5 Å². The van der Waals surface area contributed by atoms with Crippen molar-refractivity contribution in [1.29, 1.82) is 0 Å². The van der Waals surface area contributed by atoms with Crippen molar-refractivity contribution in [2.45, 2.75) is 40.2 Å². The largest absolute Gasteiger partial charge is 0.397 e. The topological polar surface area (TPSA) is 42.1 Å². The fourth-order valence-corrected chi connectivity index (χ4v) is 1.59. The van der Waals surface area contributed by atoms with Gasteiger partial charge in [0, 0.05) is 12.6 Å². The maximum absolute atomic E-state index is 5.76. The number of hydrogen-bond donors (Lipinski definition) is 1. The summed E-state index contributed by atoms with van der Waals surface area (Å²) < 4.78 is 0. The van der Waals surface area contributed by atoms with E-state index in [4.69, 9.17) is 5.73 Å². The van der Waals surface area contributed by atoms with Gasteiger partial charge in [0.1, 0.15) is 5.82 Å². The maximum Gasteiger partial charge on any atom is 0.129 e. The van der Waals surface area contributed by atoms with E-state index in [1.807, 2.05) is 6.92 Å². The first-order valence-electron chi connectivity index (χ1n) is 5.55. The lowest BCUT2D eigenvalue weighted by molar-refractivity contribution is 0.662. The van der Waals surface area contributed by atoms with Gasteiger partial charge < -0.3 is 10.6 Å². The van der Waals surface area contributed by atoms with Gasteiger partial charge in [-0.2, -0.15) is 0 Å². The Morgan fingerprint density at radius 3 is 2.60 bits per heavy atom. The predicted molar refractivity (Wildman–Crippen MR) is 66.2 cm³/mol. The van der Waals surface area contributed by atoms with Crippen LogP contribution in [0.2, 0.25) is 0 Å². The molecule has 0 radical (unpaired) electrons. The van der Waals surface area contributed by atoms with Crippen LogP contribution < -0.4 is 10.6 Å². The normalized spacial score (nSPS) is 10.7. The number of nitrogen functional groups attached to an aromatic ring is 1. The first-order valence-corrected chi connectivity index (χ1v) is 5.55. The maximum atomic E-state index is 5.76. The van der Waals surface area contributed by atoms with Crippen molar-refractivity contribution in [2.75, 3.05) is 17.2 Å². The summed E-state index contributed by atoms with van der Waals surface area (Å²) in [4.78, 5) is 6.68. The summed E-state index contributed by atoms with van der Waals surface area (Å²) in [5.41, 5.74) is 7.62. The fourth-order valence-electron chi connectivity index (χ4n) is 1.59. The van der Waals surface area contributed by atoms with E-state index >= 15 is 0 Å². The monoisotopic (exact) mass is 207 g/mol. The third-order valence-corrected chi connectivity index (χ3v) is 2.52. The lowest BCUT2D eigenvalue weighted by Crippen LogP contribution is -2.32. The second-order valence-corrected chi connectivity index (χ2v) is 4.19. The van der Waals surface area contributed by atoms with E-state index in [1.165, 1.54) is 0 Å². The summed E-state index contributed by atoms with van der Waals surface area (Å²) in [6.45, 7) is 9.60.